The topological polar surface area (TPSA) is 93.1 Å². The Kier molecular flexibility index (Phi) is 66.7. The summed E-state index contributed by atoms with van der Waals surface area (Å²) in [5.41, 5.74) is 0. The van der Waals surface area contributed by atoms with Crippen LogP contribution >= 0.6 is 0 Å². The van der Waals surface area contributed by atoms with Crippen molar-refractivity contribution >= 4 is 19.2 Å². The van der Waals surface area contributed by atoms with Crippen molar-refractivity contribution < 1.29 is 29.0 Å². The van der Waals surface area contributed by atoms with Crippen molar-refractivity contribution in [3.05, 3.63) is 0 Å². The van der Waals surface area contributed by atoms with Crippen LogP contribution in [-0.4, -0.2) is 69.2 Å². The molecule has 0 saturated carbocycles. The fraction of sp³-hybridized carbons (Fsp3) is 0.945. The second kappa shape index (κ2) is 61.6. The third-order valence-electron chi connectivity index (χ3n) is 12.6. The van der Waals surface area contributed by atoms with E-state index in [1.807, 2.05) is 0 Å². The fourth-order valence-electron chi connectivity index (χ4n) is 8.14. The monoisotopic (exact) mass is 884 g/mol. The molecule has 1 atom stereocenters. The maximum Gasteiger partial charge on any atom is 0.293 e. The summed E-state index contributed by atoms with van der Waals surface area (Å²) in [6, 6.07) is 0.650. The van der Waals surface area contributed by atoms with Crippen LogP contribution in [0.3, 0.4) is 0 Å². The summed E-state index contributed by atoms with van der Waals surface area (Å²) in [5, 5.41) is 6.89. The zero-order valence-electron chi connectivity index (χ0n) is 43.6. The van der Waals surface area contributed by atoms with Gasteiger partial charge in [0.25, 0.3) is 12.9 Å². The molecule has 62 heavy (non-hydrogen) atoms. The van der Waals surface area contributed by atoms with E-state index in [-0.39, 0.29) is 6.47 Å². The molecule has 0 aliphatic heterocycles. The molecule has 1 N–H and O–H groups in total. The SMILES string of the molecule is CCCCCC(CCCCC)CCOC=O.CCCCCCCCCC(C=O)CCCCCCCCCCC(CCCCC)CCCCC.COCCCN(C)C(C)C.O=CO. The van der Waals surface area contributed by atoms with Gasteiger partial charge in [-0.05, 0) is 58.4 Å². The smallest absolute Gasteiger partial charge is 0.293 e. The summed E-state index contributed by atoms with van der Waals surface area (Å²) in [4.78, 5) is 32.1. The highest BCUT2D eigenvalue weighted by atomic mass is 16.5. The molecule has 0 aliphatic carbocycles. The van der Waals surface area contributed by atoms with Gasteiger partial charge in [-0.2, -0.15) is 0 Å². The number of nitrogens with zero attached hydrogens (tertiary/aromatic N) is 1. The van der Waals surface area contributed by atoms with E-state index in [0.29, 0.717) is 25.0 Å². The standard InChI is InChI=1S/C32H64O.C14H28O2.C8H19NO.CH2O2/c1-4-7-10-11-14-18-23-28-32(30-33)29-24-19-16-13-12-15-17-22-27-31(25-20-8-5-2)26-21-9-6-3;1-3-5-7-9-14(10-8-6-4-2)11-12-16-13-15;1-8(2)9(3)6-5-7-10-4;2-1-3/h30-32H,4-29H2,1-3H3;13-14H,3-12H2,1-2H3;8H,5-7H2,1-4H3;1H,(H,2,3). The summed E-state index contributed by atoms with van der Waals surface area (Å²) >= 11 is 0. The number of hydrogen-bond acceptors (Lipinski definition) is 6. The average molecular weight is 885 g/mol. The van der Waals surface area contributed by atoms with Crippen LogP contribution in [0.15, 0.2) is 0 Å². The summed E-state index contributed by atoms with van der Waals surface area (Å²) < 4.78 is 9.74. The number of rotatable bonds is 45. The zero-order valence-corrected chi connectivity index (χ0v) is 43.6. The number of aldehydes is 1. The second-order valence-corrected chi connectivity index (χ2v) is 18.7. The Balaban J connectivity index is -0.000000475. The molecule has 0 rings (SSSR count). The van der Waals surface area contributed by atoms with Crippen molar-refractivity contribution in [3.8, 4) is 0 Å². The summed E-state index contributed by atoms with van der Waals surface area (Å²) in [6.07, 6.45) is 49.7. The largest absolute Gasteiger partial charge is 0.483 e. The van der Waals surface area contributed by atoms with Gasteiger partial charge in [0.2, 0.25) is 0 Å². The molecule has 7 heteroatoms. The van der Waals surface area contributed by atoms with Crippen molar-refractivity contribution in [1.29, 1.82) is 0 Å². The van der Waals surface area contributed by atoms with Gasteiger partial charge in [-0.15, -0.1) is 0 Å². The maximum absolute atomic E-state index is 11.4. The van der Waals surface area contributed by atoms with Gasteiger partial charge in [-0.25, -0.2) is 0 Å². The third kappa shape index (κ3) is 60.6. The molecule has 0 fully saturated rings. The van der Waals surface area contributed by atoms with Crippen LogP contribution in [0, 0.1) is 17.8 Å². The van der Waals surface area contributed by atoms with Gasteiger partial charge in [0.05, 0.1) is 6.61 Å². The number of carbonyl (C=O) groups excluding carboxylic acids is 2. The van der Waals surface area contributed by atoms with Crippen LogP contribution in [0.5, 0.6) is 0 Å². The Morgan fingerprint density at radius 1 is 0.452 bits per heavy atom. The zero-order chi connectivity index (χ0) is 47.0. The first-order chi connectivity index (χ1) is 30.2. The molecule has 7 nitrogen and oxygen atoms in total. The Morgan fingerprint density at radius 2 is 0.758 bits per heavy atom. The average Bonchev–Trinajstić information content (AvgIpc) is 3.26. The van der Waals surface area contributed by atoms with E-state index in [9.17, 15) is 9.59 Å². The van der Waals surface area contributed by atoms with Crippen LogP contribution in [0.4, 0.5) is 0 Å². The first kappa shape index (κ1) is 67.1. The second-order valence-electron chi connectivity index (χ2n) is 18.7. The van der Waals surface area contributed by atoms with E-state index < -0.39 is 0 Å². The molecule has 0 aromatic heterocycles. The predicted octanol–water partition coefficient (Wildman–Crippen LogP) is 17.0. The van der Waals surface area contributed by atoms with Crippen molar-refractivity contribution in [1.82, 2.24) is 4.90 Å². The van der Waals surface area contributed by atoms with Crippen LogP contribution < -0.4 is 0 Å². The van der Waals surface area contributed by atoms with Gasteiger partial charge in [0.1, 0.15) is 6.29 Å². The lowest BCUT2D eigenvalue weighted by Gasteiger charge is -2.20. The predicted molar refractivity (Wildman–Crippen MR) is 271 cm³/mol. The van der Waals surface area contributed by atoms with E-state index >= 15 is 0 Å². The molecular formula is C55H113NO6. The Hall–Kier alpha value is -1.47. The molecule has 0 bridgehead atoms. The van der Waals surface area contributed by atoms with Gasteiger partial charge in [0, 0.05) is 32.2 Å². The van der Waals surface area contributed by atoms with Gasteiger partial charge in [-0.3, -0.25) is 9.59 Å². The maximum atomic E-state index is 11.4. The lowest BCUT2D eigenvalue weighted by molar-refractivity contribution is -0.129. The summed E-state index contributed by atoms with van der Waals surface area (Å²) in [6.45, 7) is 18.7. The number of ether oxygens (including phenoxy) is 2. The van der Waals surface area contributed by atoms with Crippen molar-refractivity contribution in [2.45, 2.75) is 286 Å². The minimum absolute atomic E-state index is 0.250. The summed E-state index contributed by atoms with van der Waals surface area (Å²) in [5.74, 6) is 2.11. The first-order valence-corrected chi connectivity index (χ1v) is 27.0. The summed E-state index contributed by atoms with van der Waals surface area (Å²) in [7, 11) is 3.88. The highest BCUT2D eigenvalue weighted by molar-refractivity contribution is 5.53. The lowest BCUT2D eigenvalue weighted by Crippen LogP contribution is -2.27. The normalized spacial score (nSPS) is 11.4. The molecule has 0 radical (unpaired) electrons. The number of carboxylic acid groups (broad SMARTS) is 1. The highest BCUT2D eigenvalue weighted by Crippen LogP contribution is 2.25. The number of unbranched alkanes of at least 4 members (excludes halogenated alkanes) is 21. The number of carbonyl (C=O) groups is 3. The van der Waals surface area contributed by atoms with Gasteiger partial charge >= 0.3 is 0 Å². The molecule has 374 valence electrons. The van der Waals surface area contributed by atoms with Crippen LogP contribution in [0.2, 0.25) is 0 Å². The molecule has 0 spiro atoms. The molecule has 0 aromatic rings. The van der Waals surface area contributed by atoms with Crippen molar-refractivity contribution in [2.24, 2.45) is 17.8 Å². The molecule has 0 saturated heterocycles. The first-order valence-electron chi connectivity index (χ1n) is 27.0. The third-order valence-corrected chi connectivity index (χ3v) is 12.6. The van der Waals surface area contributed by atoms with Crippen molar-refractivity contribution in [3.63, 3.8) is 0 Å². The van der Waals surface area contributed by atoms with Crippen molar-refractivity contribution in [2.75, 3.05) is 33.9 Å². The van der Waals surface area contributed by atoms with E-state index in [0.717, 1.165) is 50.7 Å². The highest BCUT2D eigenvalue weighted by Gasteiger charge is 2.10. The quantitative estimate of drug-likeness (QED) is 0.0481. The molecule has 0 amide bonds. The molecule has 0 aliphatic rings. The molecule has 1 unspecified atom stereocenters. The lowest BCUT2D eigenvalue weighted by atomic mass is 9.90. The van der Waals surface area contributed by atoms with Gasteiger partial charge < -0.3 is 24.3 Å². The Bertz CT molecular complexity index is 791. The van der Waals surface area contributed by atoms with E-state index in [4.69, 9.17) is 19.4 Å². The Morgan fingerprint density at radius 3 is 1.08 bits per heavy atom. The molecular weight excluding hydrogens is 771 g/mol. The Labute approximate surface area is 389 Å². The fourth-order valence-corrected chi connectivity index (χ4v) is 8.14. The number of methoxy groups -OCH3 is 1. The van der Waals surface area contributed by atoms with E-state index in [2.05, 4.69) is 60.4 Å². The minimum atomic E-state index is -0.250. The van der Waals surface area contributed by atoms with Crippen LogP contribution in [0.1, 0.15) is 280 Å². The minimum Gasteiger partial charge on any atom is -0.483 e. The van der Waals surface area contributed by atoms with Crippen LogP contribution in [-0.2, 0) is 23.9 Å². The molecule has 0 aromatic carbocycles. The van der Waals surface area contributed by atoms with Crippen LogP contribution in [0.25, 0.3) is 0 Å². The molecule has 0 heterocycles. The van der Waals surface area contributed by atoms with E-state index in [1.165, 1.54) is 212 Å². The van der Waals surface area contributed by atoms with Gasteiger partial charge in [0.15, 0.2) is 0 Å². The van der Waals surface area contributed by atoms with E-state index in [1.54, 1.807) is 7.11 Å². The van der Waals surface area contributed by atoms with Gasteiger partial charge in [-0.1, -0.05) is 240 Å². The number of hydrogen-bond donors (Lipinski definition) is 1.